The van der Waals surface area contributed by atoms with E-state index < -0.39 is 0 Å². The first-order chi connectivity index (χ1) is 13.6. The van der Waals surface area contributed by atoms with Crippen molar-refractivity contribution in [3.63, 3.8) is 0 Å². The highest BCUT2D eigenvalue weighted by Crippen LogP contribution is 2.33. The molecule has 4 nitrogen and oxygen atoms in total. The molecule has 0 saturated heterocycles. The van der Waals surface area contributed by atoms with Gasteiger partial charge >= 0.3 is 0 Å². The fraction of sp³-hybridized carbons (Fsp3) is 0.182. The molecule has 0 N–H and O–H groups in total. The van der Waals surface area contributed by atoms with Gasteiger partial charge in [0.05, 0.1) is 12.1 Å². The normalized spacial score (nSPS) is 15.9. The number of hydrogen-bond donors (Lipinski definition) is 0. The van der Waals surface area contributed by atoms with Gasteiger partial charge in [-0.25, -0.2) is 4.98 Å². The number of para-hydroxylation sites is 1. The standard InChI is InChI=1S/C22H18ClN3OS/c1-14-10-16-4-2-3-5-20(16)26(14)21(27)11-18-13-28-22-24-19(12-25(18)22)15-6-8-17(23)9-7-15/h2-9,12-14H,10-11H2,1H3/t14-/m1/s1. The number of carbonyl (C=O) groups is 1. The maximum Gasteiger partial charge on any atom is 0.233 e. The van der Waals surface area contributed by atoms with E-state index in [1.807, 2.05) is 63.3 Å². The molecule has 140 valence electrons. The molecule has 1 atom stereocenters. The summed E-state index contributed by atoms with van der Waals surface area (Å²) in [6.07, 6.45) is 3.26. The molecule has 5 rings (SSSR count). The van der Waals surface area contributed by atoms with E-state index in [0.717, 1.165) is 34.0 Å². The molecule has 2 aromatic carbocycles. The maximum atomic E-state index is 13.1. The van der Waals surface area contributed by atoms with Crippen molar-refractivity contribution < 1.29 is 4.79 Å². The van der Waals surface area contributed by atoms with Gasteiger partial charge in [-0.2, -0.15) is 0 Å². The molecule has 4 aromatic rings. The second-order valence-corrected chi connectivity index (χ2v) is 8.41. The Bertz CT molecular complexity index is 1180. The minimum absolute atomic E-state index is 0.124. The monoisotopic (exact) mass is 407 g/mol. The van der Waals surface area contributed by atoms with E-state index in [0.29, 0.717) is 11.4 Å². The second-order valence-electron chi connectivity index (χ2n) is 7.14. The first kappa shape index (κ1) is 17.5. The van der Waals surface area contributed by atoms with Crippen LogP contribution in [0.5, 0.6) is 0 Å². The summed E-state index contributed by atoms with van der Waals surface area (Å²) in [5.41, 5.74) is 5.15. The molecule has 0 unspecified atom stereocenters. The Morgan fingerprint density at radius 1 is 1.21 bits per heavy atom. The van der Waals surface area contributed by atoms with Crippen LogP contribution in [-0.4, -0.2) is 21.3 Å². The number of fused-ring (bicyclic) bond motifs is 2. The predicted molar refractivity (Wildman–Crippen MR) is 114 cm³/mol. The van der Waals surface area contributed by atoms with Crippen LogP contribution in [0, 0.1) is 0 Å². The second kappa shape index (κ2) is 6.76. The number of halogens is 1. The zero-order valence-corrected chi connectivity index (χ0v) is 16.9. The van der Waals surface area contributed by atoms with Crippen LogP contribution in [0.4, 0.5) is 5.69 Å². The summed E-state index contributed by atoms with van der Waals surface area (Å²) < 4.78 is 2.03. The van der Waals surface area contributed by atoms with Gasteiger partial charge in [0.15, 0.2) is 4.96 Å². The van der Waals surface area contributed by atoms with Crippen LogP contribution < -0.4 is 4.90 Å². The highest BCUT2D eigenvalue weighted by Gasteiger charge is 2.30. The van der Waals surface area contributed by atoms with Crippen molar-refractivity contribution >= 4 is 39.5 Å². The van der Waals surface area contributed by atoms with Crippen molar-refractivity contribution in [2.45, 2.75) is 25.8 Å². The van der Waals surface area contributed by atoms with Crippen LogP contribution in [0.3, 0.4) is 0 Å². The number of amides is 1. The molecule has 0 spiro atoms. The van der Waals surface area contributed by atoms with Crippen LogP contribution >= 0.6 is 22.9 Å². The van der Waals surface area contributed by atoms with Gasteiger partial charge in [0.1, 0.15) is 0 Å². The Morgan fingerprint density at radius 3 is 2.82 bits per heavy atom. The average molecular weight is 408 g/mol. The lowest BCUT2D eigenvalue weighted by atomic mass is 10.1. The third-order valence-electron chi connectivity index (χ3n) is 5.23. The molecular weight excluding hydrogens is 390 g/mol. The van der Waals surface area contributed by atoms with Crippen LogP contribution in [0.1, 0.15) is 18.2 Å². The molecule has 0 aliphatic carbocycles. The summed E-state index contributed by atoms with van der Waals surface area (Å²) in [5, 5.41) is 2.73. The molecule has 0 bridgehead atoms. The van der Waals surface area contributed by atoms with E-state index in [4.69, 9.17) is 16.6 Å². The summed E-state index contributed by atoms with van der Waals surface area (Å²) in [6, 6.07) is 16.0. The third-order valence-corrected chi connectivity index (χ3v) is 6.37. The lowest BCUT2D eigenvalue weighted by Crippen LogP contribution is -2.37. The quantitative estimate of drug-likeness (QED) is 0.466. The minimum atomic E-state index is 0.124. The fourth-order valence-corrected chi connectivity index (χ4v) is 4.90. The van der Waals surface area contributed by atoms with Gasteiger partial charge in [0.2, 0.25) is 5.91 Å². The van der Waals surface area contributed by atoms with Gasteiger partial charge in [-0.05, 0) is 37.1 Å². The first-order valence-electron chi connectivity index (χ1n) is 9.21. The predicted octanol–water partition coefficient (Wildman–Crippen LogP) is 5.24. The van der Waals surface area contributed by atoms with E-state index in [1.165, 1.54) is 5.56 Å². The van der Waals surface area contributed by atoms with Gasteiger partial charge in [-0.15, -0.1) is 11.3 Å². The van der Waals surface area contributed by atoms with Crippen molar-refractivity contribution in [2.24, 2.45) is 0 Å². The van der Waals surface area contributed by atoms with E-state index in [9.17, 15) is 4.79 Å². The Labute approximate surface area is 172 Å². The number of nitrogens with zero attached hydrogens (tertiary/aromatic N) is 3. The average Bonchev–Trinajstić information content (AvgIpc) is 3.35. The van der Waals surface area contributed by atoms with Crippen molar-refractivity contribution in [2.75, 3.05) is 4.90 Å². The first-order valence-corrected chi connectivity index (χ1v) is 10.5. The van der Waals surface area contributed by atoms with E-state index in [-0.39, 0.29) is 11.9 Å². The van der Waals surface area contributed by atoms with Crippen molar-refractivity contribution in [3.05, 3.63) is 76.4 Å². The van der Waals surface area contributed by atoms with E-state index in [2.05, 4.69) is 13.0 Å². The topological polar surface area (TPSA) is 37.6 Å². The summed E-state index contributed by atoms with van der Waals surface area (Å²) in [4.78, 5) is 20.7. The molecule has 28 heavy (non-hydrogen) atoms. The number of aromatic nitrogens is 2. The van der Waals surface area contributed by atoms with Gasteiger partial charge in [0, 0.05) is 39.6 Å². The Balaban J connectivity index is 1.44. The Morgan fingerprint density at radius 2 is 2.00 bits per heavy atom. The summed E-state index contributed by atoms with van der Waals surface area (Å²) >= 11 is 7.54. The summed E-state index contributed by atoms with van der Waals surface area (Å²) in [6.45, 7) is 2.11. The molecule has 2 aromatic heterocycles. The Hall–Kier alpha value is -2.63. The zero-order valence-electron chi connectivity index (χ0n) is 15.3. The maximum absolute atomic E-state index is 13.1. The van der Waals surface area contributed by atoms with Crippen LogP contribution in [-0.2, 0) is 17.6 Å². The number of carbonyl (C=O) groups excluding carboxylic acids is 1. The van der Waals surface area contributed by atoms with Gasteiger partial charge < -0.3 is 4.90 Å². The number of anilines is 1. The largest absolute Gasteiger partial charge is 0.309 e. The lowest BCUT2D eigenvalue weighted by Gasteiger charge is -2.22. The fourth-order valence-electron chi connectivity index (χ4n) is 3.90. The Kier molecular flexibility index (Phi) is 4.22. The van der Waals surface area contributed by atoms with Crippen molar-refractivity contribution in [3.8, 4) is 11.3 Å². The summed E-state index contributed by atoms with van der Waals surface area (Å²) in [5.74, 6) is 0.124. The SMILES string of the molecule is C[C@@H]1Cc2ccccc2N1C(=O)Cc1csc2nc(-c3ccc(Cl)cc3)cn12. The van der Waals surface area contributed by atoms with Gasteiger partial charge in [-0.1, -0.05) is 41.9 Å². The number of thiazole rings is 1. The van der Waals surface area contributed by atoms with Gasteiger partial charge in [-0.3, -0.25) is 9.20 Å². The van der Waals surface area contributed by atoms with Crippen molar-refractivity contribution in [1.29, 1.82) is 0 Å². The van der Waals surface area contributed by atoms with Crippen molar-refractivity contribution in [1.82, 2.24) is 9.38 Å². The molecule has 0 fully saturated rings. The lowest BCUT2D eigenvalue weighted by molar-refractivity contribution is -0.118. The molecule has 3 heterocycles. The number of benzene rings is 2. The molecule has 0 radical (unpaired) electrons. The minimum Gasteiger partial charge on any atom is -0.309 e. The zero-order chi connectivity index (χ0) is 19.3. The molecule has 1 aliphatic heterocycles. The molecular formula is C22H18ClN3OS. The van der Waals surface area contributed by atoms with E-state index in [1.54, 1.807) is 11.3 Å². The highest BCUT2D eigenvalue weighted by molar-refractivity contribution is 7.15. The van der Waals surface area contributed by atoms with Crippen LogP contribution in [0.15, 0.2) is 60.1 Å². The smallest absolute Gasteiger partial charge is 0.233 e. The number of imidazole rings is 1. The molecule has 6 heteroatoms. The highest BCUT2D eigenvalue weighted by atomic mass is 35.5. The van der Waals surface area contributed by atoms with E-state index >= 15 is 0 Å². The third kappa shape index (κ3) is 2.91. The van der Waals surface area contributed by atoms with Crippen LogP contribution in [0.25, 0.3) is 16.2 Å². The van der Waals surface area contributed by atoms with Crippen LogP contribution in [0.2, 0.25) is 5.02 Å². The molecule has 1 amide bonds. The molecule has 1 aliphatic rings. The summed E-state index contributed by atoms with van der Waals surface area (Å²) in [7, 11) is 0. The number of rotatable bonds is 3. The number of hydrogen-bond acceptors (Lipinski definition) is 3. The van der Waals surface area contributed by atoms with Gasteiger partial charge in [0.25, 0.3) is 0 Å². The molecule has 0 saturated carbocycles.